The van der Waals surface area contributed by atoms with Crippen LogP contribution in [0.2, 0.25) is 0 Å². The molecule has 1 aromatic carbocycles. The van der Waals surface area contributed by atoms with E-state index in [0.29, 0.717) is 10.4 Å². The van der Waals surface area contributed by atoms with Gasteiger partial charge in [-0.2, -0.15) is 0 Å². The summed E-state index contributed by atoms with van der Waals surface area (Å²) in [6.07, 6.45) is 0.888. The van der Waals surface area contributed by atoms with Gasteiger partial charge in [-0.15, -0.1) is 11.8 Å². The molecule has 0 bridgehead atoms. The van der Waals surface area contributed by atoms with E-state index >= 15 is 0 Å². The Hall–Kier alpha value is -1.20. The topological polar surface area (TPSA) is 28.7 Å². The average molecular weight is 294 g/mol. The first-order valence-electron chi connectivity index (χ1n) is 6.07. The summed E-state index contributed by atoms with van der Waals surface area (Å²) in [6, 6.07) is 6.45. The smallest absolute Gasteiger partial charge is 0.133 e. The standard InChI is InChI=1S/C14H15FN2S2/c1-3-12-9(2)16-13(17-14(12)18)8-19-11-6-4-10(15)5-7-11/h4-7H,3,8H2,1-2H3,(H,16,17,18). The Bertz CT molecular complexity index is 620. The number of aryl methyl sites for hydroxylation is 1. The summed E-state index contributed by atoms with van der Waals surface area (Å²) >= 11 is 6.89. The molecule has 1 heterocycles. The van der Waals surface area contributed by atoms with Crippen molar-refractivity contribution in [2.45, 2.75) is 30.9 Å². The van der Waals surface area contributed by atoms with Crippen molar-refractivity contribution in [3.05, 3.63) is 51.8 Å². The van der Waals surface area contributed by atoms with Crippen LogP contribution in [-0.4, -0.2) is 9.97 Å². The third kappa shape index (κ3) is 3.64. The molecule has 0 aliphatic carbocycles. The molecule has 0 unspecified atom stereocenters. The minimum absolute atomic E-state index is 0.218. The molecule has 0 atom stereocenters. The monoisotopic (exact) mass is 294 g/mol. The van der Waals surface area contributed by atoms with Crippen LogP contribution in [0.4, 0.5) is 4.39 Å². The Morgan fingerprint density at radius 2 is 2.00 bits per heavy atom. The normalized spacial score (nSPS) is 10.7. The minimum Gasteiger partial charge on any atom is -0.346 e. The Balaban J connectivity index is 2.12. The van der Waals surface area contributed by atoms with Crippen LogP contribution in [0.15, 0.2) is 29.2 Å². The number of hydrogen-bond acceptors (Lipinski definition) is 3. The molecular weight excluding hydrogens is 279 g/mol. The molecule has 0 spiro atoms. The van der Waals surface area contributed by atoms with Crippen molar-refractivity contribution in [2.24, 2.45) is 0 Å². The maximum Gasteiger partial charge on any atom is 0.133 e. The Morgan fingerprint density at radius 1 is 1.32 bits per heavy atom. The second-order valence-corrected chi connectivity index (χ2v) is 5.62. The molecule has 0 aliphatic heterocycles. The van der Waals surface area contributed by atoms with Crippen molar-refractivity contribution < 1.29 is 4.39 Å². The molecule has 2 aromatic rings. The molecule has 0 fully saturated rings. The van der Waals surface area contributed by atoms with Gasteiger partial charge < -0.3 is 4.98 Å². The average Bonchev–Trinajstić information content (AvgIpc) is 2.38. The van der Waals surface area contributed by atoms with Crippen molar-refractivity contribution in [2.75, 3.05) is 0 Å². The molecule has 0 amide bonds. The van der Waals surface area contributed by atoms with Gasteiger partial charge in [0.15, 0.2) is 0 Å². The maximum atomic E-state index is 12.8. The third-order valence-corrected chi connectivity index (χ3v) is 4.18. The number of aromatic nitrogens is 2. The highest BCUT2D eigenvalue weighted by atomic mass is 32.2. The molecule has 0 saturated carbocycles. The minimum atomic E-state index is -0.218. The van der Waals surface area contributed by atoms with Crippen LogP contribution in [0, 0.1) is 17.4 Å². The van der Waals surface area contributed by atoms with E-state index in [0.717, 1.165) is 28.4 Å². The fourth-order valence-corrected chi connectivity index (χ4v) is 3.01. The summed E-state index contributed by atoms with van der Waals surface area (Å²) < 4.78 is 13.5. The van der Waals surface area contributed by atoms with Gasteiger partial charge in [0.25, 0.3) is 0 Å². The van der Waals surface area contributed by atoms with E-state index in [1.54, 1.807) is 23.9 Å². The maximum absolute atomic E-state index is 12.8. The van der Waals surface area contributed by atoms with E-state index in [1.807, 2.05) is 6.92 Å². The van der Waals surface area contributed by atoms with Crippen LogP contribution in [-0.2, 0) is 12.2 Å². The van der Waals surface area contributed by atoms with Crippen LogP contribution >= 0.6 is 24.0 Å². The lowest BCUT2D eigenvalue weighted by atomic mass is 10.2. The third-order valence-electron chi connectivity index (χ3n) is 2.82. The number of hydrogen-bond donors (Lipinski definition) is 1. The van der Waals surface area contributed by atoms with Gasteiger partial charge in [-0.1, -0.05) is 19.1 Å². The number of H-pyrrole nitrogens is 1. The number of rotatable bonds is 4. The number of aromatic amines is 1. The van der Waals surface area contributed by atoms with Crippen molar-refractivity contribution in [1.29, 1.82) is 0 Å². The lowest BCUT2D eigenvalue weighted by molar-refractivity contribution is 0.626. The molecule has 1 aromatic heterocycles. The molecule has 19 heavy (non-hydrogen) atoms. The highest BCUT2D eigenvalue weighted by molar-refractivity contribution is 7.98. The van der Waals surface area contributed by atoms with Gasteiger partial charge in [0.2, 0.25) is 0 Å². The van der Waals surface area contributed by atoms with Crippen LogP contribution in [0.25, 0.3) is 0 Å². The van der Waals surface area contributed by atoms with Gasteiger partial charge in [-0.3, -0.25) is 0 Å². The molecule has 5 heteroatoms. The number of nitrogens with zero attached hydrogens (tertiary/aromatic N) is 1. The zero-order valence-corrected chi connectivity index (χ0v) is 12.5. The van der Waals surface area contributed by atoms with Crippen LogP contribution in [0.5, 0.6) is 0 Å². The first-order chi connectivity index (χ1) is 9.10. The summed E-state index contributed by atoms with van der Waals surface area (Å²) in [5.74, 6) is 1.33. The fraction of sp³-hybridized carbons (Fsp3) is 0.286. The van der Waals surface area contributed by atoms with E-state index < -0.39 is 0 Å². The highest BCUT2D eigenvalue weighted by Gasteiger charge is 2.04. The fourth-order valence-electron chi connectivity index (χ4n) is 1.84. The van der Waals surface area contributed by atoms with Gasteiger partial charge in [0.1, 0.15) is 16.3 Å². The second kappa shape index (κ2) is 6.30. The number of thioether (sulfide) groups is 1. The molecule has 1 N–H and O–H groups in total. The molecule has 100 valence electrons. The first kappa shape index (κ1) is 14.2. The molecular formula is C14H15FN2S2. The summed E-state index contributed by atoms with van der Waals surface area (Å²) in [5.41, 5.74) is 2.18. The highest BCUT2D eigenvalue weighted by Crippen LogP contribution is 2.22. The zero-order valence-electron chi connectivity index (χ0n) is 10.9. The van der Waals surface area contributed by atoms with Crippen molar-refractivity contribution in [3.63, 3.8) is 0 Å². The van der Waals surface area contributed by atoms with Crippen molar-refractivity contribution in [3.8, 4) is 0 Å². The summed E-state index contributed by atoms with van der Waals surface area (Å²) in [6.45, 7) is 4.09. The molecule has 2 nitrogen and oxygen atoms in total. The first-order valence-corrected chi connectivity index (χ1v) is 7.46. The van der Waals surface area contributed by atoms with Gasteiger partial charge in [-0.25, -0.2) is 9.37 Å². The van der Waals surface area contributed by atoms with Crippen LogP contribution in [0.1, 0.15) is 24.0 Å². The van der Waals surface area contributed by atoms with E-state index in [-0.39, 0.29) is 5.82 Å². The zero-order chi connectivity index (χ0) is 13.8. The lowest BCUT2D eigenvalue weighted by Gasteiger charge is -2.07. The summed E-state index contributed by atoms with van der Waals surface area (Å²) in [4.78, 5) is 8.69. The number of benzene rings is 1. The van der Waals surface area contributed by atoms with Crippen molar-refractivity contribution in [1.82, 2.24) is 9.97 Å². The van der Waals surface area contributed by atoms with Crippen LogP contribution in [0.3, 0.4) is 0 Å². The molecule has 0 aliphatic rings. The van der Waals surface area contributed by atoms with E-state index in [2.05, 4.69) is 16.9 Å². The number of halogens is 1. The number of nitrogens with one attached hydrogen (secondary N) is 1. The van der Waals surface area contributed by atoms with Gasteiger partial charge in [0, 0.05) is 16.2 Å². The predicted molar refractivity (Wildman–Crippen MR) is 79.5 cm³/mol. The summed E-state index contributed by atoms with van der Waals surface area (Å²) in [5, 5.41) is 0. The second-order valence-electron chi connectivity index (χ2n) is 4.19. The van der Waals surface area contributed by atoms with E-state index in [1.165, 1.54) is 12.1 Å². The van der Waals surface area contributed by atoms with Crippen molar-refractivity contribution >= 4 is 24.0 Å². The van der Waals surface area contributed by atoms with Crippen LogP contribution < -0.4 is 0 Å². The lowest BCUT2D eigenvalue weighted by Crippen LogP contribution is -2.01. The quantitative estimate of drug-likeness (QED) is 0.667. The SMILES string of the molecule is CCc1c(C)[nH]c(CSc2ccc(F)cc2)nc1=S. The van der Waals surface area contributed by atoms with E-state index in [9.17, 15) is 4.39 Å². The Kier molecular flexibility index (Phi) is 4.71. The van der Waals surface area contributed by atoms with Gasteiger partial charge >= 0.3 is 0 Å². The Labute approximate surface area is 121 Å². The summed E-state index contributed by atoms with van der Waals surface area (Å²) in [7, 11) is 0. The van der Waals surface area contributed by atoms with Gasteiger partial charge in [0.05, 0.1) is 5.75 Å². The Morgan fingerprint density at radius 3 is 2.58 bits per heavy atom. The van der Waals surface area contributed by atoms with E-state index in [4.69, 9.17) is 12.2 Å². The predicted octanol–water partition coefficient (Wildman–Crippen LogP) is 4.44. The van der Waals surface area contributed by atoms with Gasteiger partial charge in [-0.05, 0) is 37.6 Å². The molecule has 0 saturated heterocycles. The molecule has 0 radical (unpaired) electrons. The largest absolute Gasteiger partial charge is 0.346 e. The molecule has 2 rings (SSSR count).